The highest BCUT2D eigenvalue weighted by molar-refractivity contribution is 5.84. The molecule has 0 saturated carbocycles. The van der Waals surface area contributed by atoms with Crippen LogP contribution in [0.3, 0.4) is 0 Å². The van der Waals surface area contributed by atoms with Crippen LogP contribution in [-0.4, -0.2) is 18.2 Å². The summed E-state index contributed by atoms with van der Waals surface area (Å²) in [5.74, 6) is 0.475. The average Bonchev–Trinajstić information content (AvgIpc) is 2.52. The van der Waals surface area contributed by atoms with E-state index in [1.165, 1.54) is 55.6 Å². The molecule has 2 rings (SSSR count). The molecule has 0 unspecified atom stereocenters. The van der Waals surface area contributed by atoms with E-state index in [-0.39, 0.29) is 28.5 Å². The van der Waals surface area contributed by atoms with E-state index < -0.39 is 11.1 Å². The average molecular weight is 323 g/mol. The maximum absolute atomic E-state index is 12.9. The van der Waals surface area contributed by atoms with Gasteiger partial charge in [-0.1, -0.05) is 24.3 Å². The van der Waals surface area contributed by atoms with Gasteiger partial charge in [0.1, 0.15) is 5.75 Å². The molecule has 0 fully saturated rings. The van der Waals surface area contributed by atoms with Crippen LogP contribution in [0.2, 0.25) is 0 Å². The number of alkyl halides is 3. The number of halogens is 3. The molecular weight excluding hydrogens is 311 g/mol. The summed E-state index contributed by atoms with van der Waals surface area (Å²) in [6.07, 6.45) is -4.55. The Labute approximate surface area is 130 Å². The molecule has 0 amide bonds. The number of allylic oxidation sites excluding steroid dienone is 1. The molecule has 0 bridgehead atoms. The zero-order chi connectivity index (χ0) is 17.0. The van der Waals surface area contributed by atoms with Crippen molar-refractivity contribution < 1.29 is 22.8 Å². The lowest BCUT2D eigenvalue weighted by Crippen LogP contribution is -2.05. The van der Waals surface area contributed by atoms with Crippen LogP contribution in [0.25, 0.3) is 5.57 Å². The summed E-state index contributed by atoms with van der Waals surface area (Å²) in [5, 5.41) is 11.1. The van der Waals surface area contributed by atoms with E-state index in [0.717, 1.165) is 0 Å². The molecule has 2 aromatic carbocycles. The van der Waals surface area contributed by atoms with Crippen LogP contribution in [0.4, 0.5) is 18.9 Å². The van der Waals surface area contributed by atoms with E-state index in [9.17, 15) is 23.3 Å². The molecule has 0 spiro atoms. The second-order valence-electron chi connectivity index (χ2n) is 4.60. The SMILES string of the molecule is COc1ccc(/C(=C\C(F)(F)F)c2ccccc2[N+](=O)[O-])cc1. The number of para-hydroxylation sites is 1. The minimum absolute atomic E-state index is 0.0666. The van der Waals surface area contributed by atoms with E-state index in [1.807, 2.05) is 0 Å². The Morgan fingerprint density at radius 2 is 1.74 bits per heavy atom. The van der Waals surface area contributed by atoms with E-state index >= 15 is 0 Å². The van der Waals surface area contributed by atoms with Gasteiger partial charge in [0, 0.05) is 17.7 Å². The maximum Gasteiger partial charge on any atom is 0.410 e. The van der Waals surface area contributed by atoms with Crippen molar-refractivity contribution in [2.75, 3.05) is 7.11 Å². The lowest BCUT2D eigenvalue weighted by molar-refractivity contribution is -0.385. The van der Waals surface area contributed by atoms with Gasteiger partial charge < -0.3 is 4.74 Å². The summed E-state index contributed by atoms with van der Waals surface area (Å²) in [5.41, 5.74) is -0.552. The Hall–Kier alpha value is -2.83. The van der Waals surface area contributed by atoms with Crippen LogP contribution in [0.1, 0.15) is 11.1 Å². The Balaban J connectivity index is 2.65. The van der Waals surface area contributed by atoms with Gasteiger partial charge in [-0.05, 0) is 23.8 Å². The zero-order valence-corrected chi connectivity index (χ0v) is 12.0. The minimum Gasteiger partial charge on any atom is -0.497 e. The molecule has 0 aromatic heterocycles. The Morgan fingerprint density at radius 1 is 1.13 bits per heavy atom. The molecule has 4 nitrogen and oxygen atoms in total. The predicted octanol–water partition coefficient (Wildman–Crippen LogP) is 4.60. The van der Waals surface area contributed by atoms with Gasteiger partial charge in [0.05, 0.1) is 17.6 Å². The molecule has 0 atom stereocenters. The van der Waals surface area contributed by atoms with E-state index in [0.29, 0.717) is 5.75 Å². The number of benzene rings is 2. The van der Waals surface area contributed by atoms with Crippen LogP contribution in [0.15, 0.2) is 54.6 Å². The van der Waals surface area contributed by atoms with Crippen LogP contribution >= 0.6 is 0 Å². The molecule has 0 saturated heterocycles. The lowest BCUT2D eigenvalue weighted by atomic mass is 9.96. The third kappa shape index (κ3) is 4.09. The van der Waals surface area contributed by atoms with Crippen molar-refractivity contribution in [1.82, 2.24) is 0 Å². The van der Waals surface area contributed by atoms with Crippen LogP contribution < -0.4 is 4.74 Å². The van der Waals surface area contributed by atoms with Crippen molar-refractivity contribution in [2.24, 2.45) is 0 Å². The Kier molecular flexibility index (Phi) is 4.68. The number of methoxy groups -OCH3 is 1. The molecule has 0 aliphatic heterocycles. The Bertz CT molecular complexity index is 737. The summed E-state index contributed by atoms with van der Waals surface area (Å²) >= 11 is 0. The first kappa shape index (κ1) is 16.5. The number of hydrogen-bond acceptors (Lipinski definition) is 3. The summed E-state index contributed by atoms with van der Waals surface area (Å²) in [6.45, 7) is 0. The number of rotatable bonds is 4. The van der Waals surface area contributed by atoms with Gasteiger partial charge in [0.2, 0.25) is 0 Å². The number of hydrogen-bond donors (Lipinski definition) is 0. The van der Waals surface area contributed by atoms with Crippen LogP contribution in [0, 0.1) is 10.1 Å². The maximum atomic E-state index is 12.9. The zero-order valence-electron chi connectivity index (χ0n) is 12.0. The highest BCUT2D eigenvalue weighted by Crippen LogP contribution is 2.34. The smallest absolute Gasteiger partial charge is 0.410 e. The molecule has 2 aromatic rings. The van der Waals surface area contributed by atoms with Crippen molar-refractivity contribution in [3.05, 3.63) is 75.8 Å². The summed E-state index contributed by atoms with van der Waals surface area (Å²) in [6, 6.07) is 11.2. The van der Waals surface area contributed by atoms with Gasteiger partial charge in [-0.25, -0.2) is 0 Å². The number of ether oxygens (including phenoxy) is 1. The van der Waals surface area contributed by atoms with E-state index in [2.05, 4.69) is 0 Å². The first-order valence-electron chi connectivity index (χ1n) is 6.49. The molecule has 7 heteroatoms. The molecule has 0 aliphatic carbocycles. The molecule has 0 aliphatic rings. The number of nitro benzene ring substituents is 1. The third-order valence-corrected chi connectivity index (χ3v) is 3.10. The predicted molar refractivity (Wildman–Crippen MR) is 79.2 cm³/mol. The first-order valence-corrected chi connectivity index (χ1v) is 6.49. The molecule has 0 N–H and O–H groups in total. The fourth-order valence-corrected chi connectivity index (χ4v) is 2.11. The second kappa shape index (κ2) is 6.51. The van der Waals surface area contributed by atoms with Crippen molar-refractivity contribution in [1.29, 1.82) is 0 Å². The monoisotopic (exact) mass is 323 g/mol. The van der Waals surface area contributed by atoms with Gasteiger partial charge >= 0.3 is 6.18 Å². The van der Waals surface area contributed by atoms with E-state index in [4.69, 9.17) is 4.74 Å². The van der Waals surface area contributed by atoms with Crippen molar-refractivity contribution >= 4 is 11.3 Å². The highest BCUT2D eigenvalue weighted by Gasteiger charge is 2.28. The van der Waals surface area contributed by atoms with Crippen molar-refractivity contribution in [3.63, 3.8) is 0 Å². The summed E-state index contributed by atoms with van der Waals surface area (Å²) in [7, 11) is 1.43. The van der Waals surface area contributed by atoms with Gasteiger partial charge in [-0.3, -0.25) is 10.1 Å². The van der Waals surface area contributed by atoms with Gasteiger partial charge in [-0.15, -0.1) is 0 Å². The molecular formula is C16H12F3NO3. The first-order chi connectivity index (χ1) is 10.8. The molecule has 0 radical (unpaired) electrons. The number of nitro groups is 1. The quantitative estimate of drug-likeness (QED) is 0.610. The lowest BCUT2D eigenvalue weighted by Gasteiger charge is -2.11. The van der Waals surface area contributed by atoms with Crippen molar-refractivity contribution in [3.8, 4) is 5.75 Å². The second-order valence-corrected chi connectivity index (χ2v) is 4.60. The minimum atomic E-state index is -4.61. The third-order valence-electron chi connectivity index (χ3n) is 3.10. The summed E-state index contributed by atoms with van der Waals surface area (Å²) < 4.78 is 43.6. The van der Waals surface area contributed by atoms with E-state index in [1.54, 1.807) is 0 Å². The fourth-order valence-electron chi connectivity index (χ4n) is 2.11. The standard InChI is InChI=1S/C16H12F3NO3/c1-23-12-8-6-11(7-9-12)14(10-16(17,18)19)13-4-2-3-5-15(13)20(21)22/h2-10H,1H3/b14-10+. The summed E-state index contributed by atoms with van der Waals surface area (Å²) in [4.78, 5) is 10.4. The Morgan fingerprint density at radius 3 is 2.26 bits per heavy atom. The highest BCUT2D eigenvalue weighted by atomic mass is 19.4. The topological polar surface area (TPSA) is 52.4 Å². The fraction of sp³-hybridized carbons (Fsp3) is 0.125. The van der Waals surface area contributed by atoms with Gasteiger partial charge in [-0.2, -0.15) is 13.2 Å². The van der Waals surface area contributed by atoms with Crippen LogP contribution in [-0.2, 0) is 0 Å². The largest absolute Gasteiger partial charge is 0.497 e. The van der Waals surface area contributed by atoms with Crippen molar-refractivity contribution in [2.45, 2.75) is 6.18 Å². The van der Waals surface area contributed by atoms with Gasteiger partial charge in [0.15, 0.2) is 0 Å². The van der Waals surface area contributed by atoms with Crippen LogP contribution in [0.5, 0.6) is 5.75 Å². The normalized spacial score (nSPS) is 12.1. The molecule has 120 valence electrons. The molecule has 0 heterocycles. The molecule has 23 heavy (non-hydrogen) atoms. The number of nitrogens with zero attached hydrogens (tertiary/aromatic N) is 1. The van der Waals surface area contributed by atoms with Gasteiger partial charge in [0.25, 0.3) is 5.69 Å².